The first-order valence-electron chi connectivity index (χ1n) is 6.61. The van der Waals surface area contributed by atoms with Gasteiger partial charge in [0, 0.05) is 29.4 Å². The highest BCUT2D eigenvalue weighted by molar-refractivity contribution is 9.10. The van der Waals surface area contributed by atoms with Crippen molar-refractivity contribution in [3.63, 3.8) is 0 Å². The highest BCUT2D eigenvalue weighted by Crippen LogP contribution is 2.36. The van der Waals surface area contributed by atoms with Gasteiger partial charge in [-0.2, -0.15) is 0 Å². The van der Waals surface area contributed by atoms with Gasteiger partial charge in [-0.15, -0.1) is 0 Å². The fraction of sp³-hybridized carbons (Fsp3) is 0.286. The molecule has 0 aliphatic heterocycles. The summed E-state index contributed by atoms with van der Waals surface area (Å²) in [5, 5.41) is 12.2. The molecule has 0 radical (unpaired) electrons. The van der Waals surface area contributed by atoms with Crippen LogP contribution in [0.2, 0.25) is 0 Å². The SMILES string of the molecule is CCC(=O)c1c(/C=N/O)oc2cc(N(C)S(C)(=O)=O)c(Br)cc12. The van der Waals surface area contributed by atoms with Crippen LogP contribution in [-0.2, 0) is 10.0 Å². The number of carbonyl (C=O) groups excluding carboxylic acids is 1. The number of ketones is 1. The number of anilines is 1. The largest absolute Gasteiger partial charge is 0.454 e. The van der Waals surface area contributed by atoms with E-state index >= 15 is 0 Å². The average molecular weight is 403 g/mol. The number of Topliss-reactive ketones (excluding diaryl/α,β-unsaturated/α-hetero) is 1. The molecule has 0 saturated heterocycles. The van der Waals surface area contributed by atoms with Gasteiger partial charge >= 0.3 is 0 Å². The molecule has 0 aliphatic rings. The second-order valence-corrected chi connectivity index (χ2v) is 7.76. The van der Waals surface area contributed by atoms with Gasteiger partial charge in [-0.3, -0.25) is 9.10 Å². The van der Waals surface area contributed by atoms with Crippen LogP contribution in [0.25, 0.3) is 11.0 Å². The zero-order chi connectivity index (χ0) is 17.4. The second-order valence-electron chi connectivity index (χ2n) is 4.89. The molecule has 2 aromatic rings. The normalized spacial score (nSPS) is 12.2. The maximum Gasteiger partial charge on any atom is 0.232 e. The molecule has 0 saturated carbocycles. The third-order valence-corrected chi connectivity index (χ3v) is 5.22. The van der Waals surface area contributed by atoms with Crippen molar-refractivity contribution >= 4 is 54.6 Å². The summed E-state index contributed by atoms with van der Waals surface area (Å²) in [7, 11) is -2.04. The minimum Gasteiger partial charge on any atom is -0.454 e. The Hall–Kier alpha value is -1.87. The summed E-state index contributed by atoms with van der Waals surface area (Å²) in [6, 6.07) is 3.13. The molecule has 7 nitrogen and oxygen atoms in total. The van der Waals surface area contributed by atoms with Crippen LogP contribution in [0.4, 0.5) is 5.69 Å². The van der Waals surface area contributed by atoms with Crippen molar-refractivity contribution in [2.24, 2.45) is 5.16 Å². The Bertz CT molecular complexity index is 902. The number of oxime groups is 1. The Morgan fingerprint density at radius 3 is 2.65 bits per heavy atom. The number of halogens is 1. The summed E-state index contributed by atoms with van der Waals surface area (Å²) < 4.78 is 30.6. The molecule has 9 heteroatoms. The van der Waals surface area contributed by atoms with E-state index in [1.54, 1.807) is 13.0 Å². The lowest BCUT2D eigenvalue weighted by Gasteiger charge is -2.18. The number of hydrogen-bond acceptors (Lipinski definition) is 6. The molecule has 1 aromatic heterocycles. The molecule has 1 N–H and O–H groups in total. The van der Waals surface area contributed by atoms with Crippen LogP contribution in [0.1, 0.15) is 29.5 Å². The fourth-order valence-electron chi connectivity index (χ4n) is 2.15. The number of furan rings is 1. The lowest BCUT2D eigenvalue weighted by Crippen LogP contribution is -2.25. The minimum absolute atomic E-state index is 0.125. The van der Waals surface area contributed by atoms with E-state index < -0.39 is 10.0 Å². The van der Waals surface area contributed by atoms with Crippen LogP contribution < -0.4 is 4.31 Å². The first-order valence-corrected chi connectivity index (χ1v) is 9.25. The highest BCUT2D eigenvalue weighted by Gasteiger charge is 2.22. The zero-order valence-corrected chi connectivity index (χ0v) is 15.1. The summed E-state index contributed by atoms with van der Waals surface area (Å²) in [5.74, 6) is -0.0461. The molecule has 0 unspecified atom stereocenters. The number of rotatable bonds is 5. The minimum atomic E-state index is -3.45. The molecule has 0 aliphatic carbocycles. The molecular formula is C14H15BrN2O5S. The summed E-state index contributed by atoms with van der Waals surface area (Å²) in [6.07, 6.45) is 2.38. The number of fused-ring (bicyclic) bond motifs is 1. The molecule has 2 rings (SSSR count). The summed E-state index contributed by atoms with van der Waals surface area (Å²) >= 11 is 3.32. The van der Waals surface area contributed by atoms with Crippen molar-refractivity contribution in [3.05, 3.63) is 27.9 Å². The number of sulfonamides is 1. The molecule has 124 valence electrons. The van der Waals surface area contributed by atoms with E-state index in [0.29, 0.717) is 26.7 Å². The lowest BCUT2D eigenvalue weighted by molar-refractivity contribution is 0.0988. The van der Waals surface area contributed by atoms with Crippen LogP contribution in [0, 0.1) is 0 Å². The van der Waals surface area contributed by atoms with Crippen molar-refractivity contribution < 1.29 is 22.8 Å². The summed E-state index contributed by atoms with van der Waals surface area (Å²) in [5.41, 5.74) is 0.997. The second kappa shape index (κ2) is 6.32. The van der Waals surface area contributed by atoms with Gasteiger partial charge in [-0.05, 0) is 22.0 Å². The monoisotopic (exact) mass is 402 g/mol. The summed E-state index contributed by atoms with van der Waals surface area (Å²) in [6.45, 7) is 1.71. The third-order valence-electron chi connectivity index (χ3n) is 3.40. The van der Waals surface area contributed by atoms with Crippen LogP contribution in [-0.4, -0.2) is 38.9 Å². The first-order chi connectivity index (χ1) is 10.7. The Morgan fingerprint density at radius 2 is 2.13 bits per heavy atom. The molecule has 0 atom stereocenters. The Morgan fingerprint density at radius 1 is 1.48 bits per heavy atom. The number of carbonyl (C=O) groups is 1. The third kappa shape index (κ3) is 3.25. The van der Waals surface area contributed by atoms with Crippen molar-refractivity contribution in [1.82, 2.24) is 0 Å². The van der Waals surface area contributed by atoms with E-state index in [4.69, 9.17) is 9.62 Å². The number of benzene rings is 1. The van der Waals surface area contributed by atoms with E-state index in [9.17, 15) is 13.2 Å². The smallest absolute Gasteiger partial charge is 0.232 e. The van der Waals surface area contributed by atoms with Gasteiger partial charge in [0.15, 0.2) is 11.5 Å². The van der Waals surface area contributed by atoms with Crippen molar-refractivity contribution in [2.45, 2.75) is 13.3 Å². The Kier molecular flexibility index (Phi) is 4.81. The van der Waals surface area contributed by atoms with E-state index in [2.05, 4.69) is 21.1 Å². The van der Waals surface area contributed by atoms with Gasteiger partial charge < -0.3 is 9.62 Å². The van der Waals surface area contributed by atoms with Crippen LogP contribution in [0.3, 0.4) is 0 Å². The Balaban J connectivity index is 2.78. The first kappa shape index (κ1) is 17.5. The molecule has 0 fully saturated rings. The van der Waals surface area contributed by atoms with Gasteiger partial charge in [-0.25, -0.2) is 8.42 Å². The van der Waals surface area contributed by atoms with Gasteiger partial charge in [0.25, 0.3) is 0 Å². The van der Waals surface area contributed by atoms with Crippen molar-refractivity contribution in [3.8, 4) is 0 Å². The van der Waals surface area contributed by atoms with E-state index in [1.807, 2.05) is 0 Å². The Labute approximate surface area is 141 Å². The fourth-order valence-corrected chi connectivity index (χ4v) is 3.39. The molecular weight excluding hydrogens is 388 g/mol. The lowest BCUT2D eigenvalue weighted by atomic mass is 10.0. The standard InChI is InChI=1S/C14H15BrN2O5S/c1-4-11(18)14-8-5-9(15)10(17(2)23(3,20)21)6-12(8)22-13(14)7-16-19/h5-7,19H,4H2,1-3H3/b16-7+. The van der Waals surface area contributed by atoms with E-state index in [0.717, 1.165) is 16.8 Å². The predicted octanol–water partition coefficient (Wildman–Crippen LogP) is 2.99. The quantitative estimate of drug-likeness (QED) is 0.358. The maximum absolute atomic E-state index is 12.1. The van der Waals surface area contributed by atoms with E-state index in [1.165, 1.54) is 13.1 Å². The molecule has 1 heterocycles. The maximum atomic E-state index is 12.1. The highest BCUT2D eigenvalue weighted by atomic mass is 79.9. The van der Waals surface area contributed by atoms with Gasteiger partial charge in [-0.1, -0.05) is 12.1 Å². The van der Waals surface area contributed by atoms with E-state index in [-0.39, 0.29) is 18.0 Å². The summed E-state index contributed by atoms with van der Waals surface area (Å²) in [4.78, 5) is 12.1. The van der Waals surface area contributed by atoms with Gasteiger partial charge in [0.2, 0.25) is 10.0 Å². The molecule has 0 amide bonds. The van der Waals surface area contributed by atoms with Crippen LogP contribution >= 0.6 is 15.9 Å². The topological polar surface area (TPSA) is 100 Å². The average Bonchev–Trinajstić information content (AvgIpc) is 2.81. The number of nitrogens with zero attached hydrogens (tertiary/aromatic N) is 2. The van der Waals surface area contributed by atoms with Crippen molar-refractivity contribution in [1.29, 1.82) is 0 Å². The molecule has 1 aromatic carbocycles. The molecule has 0 bridgehead atoms. The van der Waals surface area contributed by atoms with Gasteiger partial charge in [0.1, 0.15) is 11.8 Å². The number of hydrogen-bond donors (Lipinski definition) is 1. The molecule has 23 heavy (non-hydrogen) atoms. The van der Waals surface area contributed by atoms with Gasteiger partial charge in [0.05, 0.1) is 17.5 Å². The predicted molar refractivity (Wildman–Crippen MR) is 91.2 cm³/mol. The zero-order valence-electron chi connectivity index (χ0n) is 12.7. The van der Waals surface area contributed by atoms with Crippen molar-refractivity contribution in [2.75, 3.05) is 17.6 Å². The van der Waals surface area contributed by atoms with Crippen LogP contribution in [0.15, 0.2) is 26.2 Å². The van der Waals surface area contributed by atoms with Crippen LogP contribution in [0.5, 0.6) is 0 Å². The molecule has 0 spiro atoms.